The van der Waals surface area contributed by atoms with E-state index in [4.69, 9.17) is 4.74 Å². The number of halogens is 1. The average Bonchev–Trinajstić information content (AvgIpc) is 2.32. The van der Waals surface area contributed by atoms with Crippen molar-refractivity contribution in [3.05, 3.63) is 34.3 Å². The van der Waals surface area contributed by atoms with Gasteiger partial charge in [-0.25, -0.2) is 0 Å². The van der Waals surface area contributed by atoms with Crippen LogP contribution in [0.25, 0.3) is 0 Å². The summed E-state index contributed by atoms with van der Waals surface area (Å²) in [5.41, 5.74) is 1.60. The Balaban J connectivity index is 1.93. The summed E-state index contributed by atoms with van der Waals surface area (Å²) < 4.78 is 6.76. The van der Waals surface area contributed by atoms with Crippen LogP contribution in [0.5, 0.6) is 0 Å². The Bertz CT molecular complexity index is 397. The second-order valence-electron chi connectivity index (χ2n) is 5.13. The van der Waals surface area contributed by atoms with Gasteiger partial charge in [0.05, 0.1) is 18.6 Å². The molecule has 2 nitrogen and oxygen atoms in total. The van der Waals surface area contributed by atoms with Crippen LogP contribution in [0.15, 0.2) is 28.7 Å². The maximum absolute atomic E-state index is 5.54. The quantitative estimate of drug-likeness (QED) is 0.906. The van der Waals surface area contributed by atoms with Crippen molar-refractivity contribution in [1.82, 2.24) is 5.32 Å². The van der Waals surface area contributed by atoms with E-state index >= 15 is 0 Å². The molecule has 0 saturated carbocycles. The largest absolute Gasteiger partial charge is 0.379 e. The molecule has 2 aliphatic heterocycles. The van der Waals surface area contributed by atoms with Gasteiger partial charge < -0.3 is 10.1 Å². The van der Waals surface area contributed by atoms with Gasteiger partial charge in [-0.2, -0.15) is 0 Å². The second-order valence-corrected chi connectivity index (χ2v) is 5.99. The Morgan fingerprint density at radius 2 is 2.06 bits per heavy atom. The third kappa shape index (κ3) is 1.94. The molecule has 0 bridgehead atoms. The summed E-state index contributed by atoms with van der Waals surface area (Å²) in [6.07, 6.45) is 3.91. The Kier molecular flexibility index (Phi) is 3.24. The van der Waals surface area contributed by atoms with Gasteiger partial charge in [0.15, 0.2) is 0 Å². The lowest BCUT2D eigenvalue weighted by atomic mass is 9.70. The minimum Gasteiger partial charge on any atom is -0.379 e. The van der Waals surface area contributed by atoms with Gasteiger partial charge in [-0.1, -0.05) is 40.5 Å². The Hall–Kier alpha value is -0.380. The molecule has 92 valence electrons. The summed E-state index contributed by atoms with van der Waals surface area (Å²) in [4.78, 5) is 0. The molecule has 2 fully saturated rings. The van der Waals surface area contributed by atoms with E-state index in [1.807, 2.05) is 0 Å². The summed E-state index contributed by atoms with van der Waals surface area (Å²) in [5, 5.41) is 3.69. The van der Waals surface area contributed by atoms with Crippen LogP contribution in [0.1, 0.15) is 24.8 Å². The zero-order chi connectivity index (χ0) is 11.7. The molecule has 2 saturated heterocycles. The first-order valence-corrected chi connectivity index (χ1v) is 7.18. The van der Waals surface area contributed by atoms with Crippen molar-refractivity contribution in [2.45, 2.75) is 30.7 Å². The number of rotatable bonds is 2. The summed E-state index contributed by atoms with van der Waals surface area (Å²) >= 11 is 3.69. The summed E-state index contributed by atoms with van der Waals surface area (Å²) in [7, 11) is 0. The number of piperidine rings is 1. The fraction of sp³-hybridized carbons (Fsp3) is 0.571. The molecule has 3 rings (SSSR count). The van der Waals surface area contributed by atoms with Gasteiger partial charge in [0, 0.05) is 10.5 Å². The Labute approximate surface area is 111 Å². The summed E-state index contributed by atoms with van der Waals surface area (Å²) in [6, 6.07) is 9.16. The zero-order valence-corrected chi connectivity index (χ0v) is 11.5. The molecule has 2 heterocycles. The maximum atomic E-state index is 5.54. The molecule has 1 unspecified atom stereocenters. The van der Waals surface area contributed by atoms with Crippen LogP contribution in [0.3, 0.4) is 0 Å². The molecule has 1 aromatic rings. The Morgan fingerprint density at radius 1 is 1.24 bits per heavy atom. The molecule has 0 aromatic heterocycles. The summed E-state index contributed by atoms with van der Waals surface area (Å²) in [6.45, 7) is 2.86. The summed E-state index contributed by atoms with van der Waals surface area (Å²) in [5.74, 6) is 0. The van der Waals surface area contributed by atoms with Gasteiger partial charge in [-0.05, 0) is 31.0 Å². The third-order valence-corrected chi connectivity index (χ3v) is 4.80. The standard InChI is InChI=1S/C14H18BrNO/c15-12-6-2-1-5-11(12)14(9-17-10-14)13-7-3-4-8-16-13/h1-2,5-6,13,16H,3-4,7-10H2. The molecular formula is C14H18BrNO. The number of hydrogen-bond acceptors (Lipinski definition) is 2. The van der Waals surface area contributed by atoms with E-state index in [2.05, 4.69) is 45.5 Å². The van der Waals surface area contributed by atoms with Crippen molar-refractivity contribution in [3.63, 3.8) is 0 Å². The minimum absolute atomic E-state index is 0.195. The van der Waals surface area contributed by atoms with Gasteiger partial charge in [0.2, 0.25) is 0 Å². The van der Waals surface area contributed by atoms with Crippen molar-refractivity contribution in [2.24, 2.45) is 0 Å². The van der Waals surface area contributed by atoms with Crippen LogP contribution in [0.4, 0.5) is 0 Å². The lowest BCUT2D eigenvalue weighted by molar-refractivity contribution is -0.0830. The van der Waals surface area contributed by atoms with E-state index in [-0.39, 0.29) is 5.41 Å². The fourth-order valence-electron chi connectivity index (χ4n) is 3.05. The number of ether oxygens (including phenoxy) is 1. The van der Waals surface area contributed by atoms with E-state index in [1.54, 1.807) is 0 Å². The smallest absolute Gasteiger partial charge is 0.0601 e. The highest BCUT2D eigenvalue weighted by atomic mass is 79.9. The van der Waals surface area contributed by atoms with Crippen molar-refractivity contribution in [1.29, 1.82) is 0 Å². The van der Waals surface area contributed by atoms with Gasteiger partial charge >= 0.3 is 0 Å². The monoisotopic (exact) mass is 295 g/mol. The molecule has 3 heteroatoms. The highest BCUT2D eigenvalue weighted by Gasteiger charge is 2.48. The van der Waals surface area contributed by atoms with Crippen LogP contribution >= 0.6 is 15.9 Å². The first-order valence-electron chi connectivity index (χ1n) is 6.39. The SMILES string of the molecule is Brc1ccccc1C1(C2CCCCN2)COC1. The minimum atomic E-state index is 0.195. The van der Waals surface area contributed by atoms with E-state index in [0.29, 0.717) is 6.04 Å². The van der Waals surface area contributed by atoms with Gasteiger partial charge in [-0.3, -0.25) is 0 Å². The number of benzene rings is 1. The lowest BCUT2D eigenvalue weighted by Crippen LogP contribution is -2.61. The molecule has 17 heavy (non-hydrogen) atoms. The lowest BCUT2D eigenvalue weighted by Gasteiger charge is -2.49. The molecular weight excluding hydrogens is 278 g/mol. The predicted octanol–water partition coefficient (Wildman–Crippen LogP) is 2.86. The maximum Gasteiger partial charge on any atom is 0.0601 e. The zero-order valence-electron chi connectivity index (χ0n) is 9.92. The van der Waals surface area contributed by atoms with E-state index in [9.17, 15) is 0 Å². The van der Waals surface area contributed by atoms with Gasteiger partial charge in [0.25, 0.3) is 0 Å². The van der Waals surface area contributed by atoms with Crippen molar-refractivity contribution in [2.75, 3.05) is 19.8 Å². The molecule has 0 amide bonds. The average molecular weight is 296 g/mol. The second kappa shape index (κ2) is 4.71. The fourth-order valence-corrected chi connectivity index (χ4v) is 3.73. The van der Waals surface area contributed by atoms with E-state index in [1.165, 1.54) is 29.3 Å². The van der Waals surface area contributed by atoms with Crippen LogP contribution in [0, 0.1) is 0 Å². The highest BCUT2D eigenvalue weighted by molar-refractivity contribution is 9.10. The first kappa shape index (κ1) is 11.7. The number of hydrogen-bond donors (Lipinski definition) is 1. The third-order valence-electron chi connectivity index (χ3n) is 4.11. The molecule has 0 radical (unpaired) electrons. The molecule has 0 spiro atoms. The molecule has 0 aliphatic carbocycles. The molecule has 2 aliphatic rings. The van der Waals surface area contributed by atoms with Crippen molar-refractivity contribution >= 4 is 15.9 Å². The molecule has 1 atom stereocenters. The van der Waals surface area contributed by atoms with E-state index in [0.717, 1.165) is 19.8 Å². The first-order chi connectivity index (χ1) is 8.33. The van der Waals surface area contributed by atoms with Crippen LogP contribution in [0.2, 0.25) is 0 Å². The van der Waals surface area contributed by atoms with Crippen LogP contribution < -0.4 is 5.32 Å². The van der Waals surface area contributed by atoms with Crippen LogP contribution in [-0.4, -0.2) is 25.8 Å². The number of nitrogens with one attached hydrogen (secondary N) is 1. The van der Waals surface area contributed by atoms with Crippen molar-refractivity contribution < 1.29 is 4.74 Å². The van der Waals surface area contributed by atoms with E-state index < -0.39 is 0 Å². The topological polar surface area (TPSA) is 21.3 Å². The van der Waals surface area contributed by atoms with Crippen LogP contribution in [-0.2, 0) is 10.2 Å². The normalized spacial score (nSPS) is 27.5. The Morgan fingerprint density at radius 3 is 2.65 bits per heavy atom. The molecule has 1 aromatic carbocycles. The van der Waals surface area contributed by atoms with Gasteiger partial charge in [-0.15, -0.1) is 0 Å². The van der Waals surface area contributed by atoms with Gasteiger partial charge in [0.1, 0.15) is 0 Å². The highest BCUT2D eigenvalue weighted by Crippen LogP contribution is 2.41. The van der Waals surface area contributed by atoms with Crippen molar-refractivity contribution in [3.8, 4) is 0 Å². The molecule has 1 N–H and O–H groups in total. The predicted molar refractivity (Wildman–Crippen MR) is 72.3 cm³/mol.